The molecule has 0 aliphatic rings. The molecule has 0 aromatic carbocycles. The normalized spacial score (nSPS) is 11.5. The fraction of sp³-hybridized carbons (Fsp3) is 0.900. The molecule has 0 fully saturated rings. The first kappa shape index (κ1) is 41.9. The Morgan fingerprint density at radius 1 is 0.349 bits per heavy atom. The van der Waals surface area contributed by atoms with Crippen LogP contribution in [0.4, 0.5) is 0 Å². The fourth-order valence-electron chi connectivity index (χ4n) is 5.92. The highest BCUT2D eigenvalue weighted by Gasteiger charge is 2.09. The number of allylic oxidation sites excluding steroid dienone is 2. The lowest BCUT2D eigenvalue weighted by Crippen LogP contribution is -2.11. The van der Waals surface area contributed by atoms with E-state index in [1.165, 1.54) is 173 Å². The van der Waals surface area contributed by atoms with Crippen molar-refractivity contribution in [2.45, 2.75) is 232 Å². The number of esters is 2. The van der Waals surface area contributed by atoms with Crippen molar-refractivity contribution < 1.29 is 14.3 Å². The van der Waals surface area contributed by atoms with Crippen LogP contribution in [0.5, 0.6) is 0 Å². The molecule has 0 N–H and O–H groups in total. The maximum Gasteiger partial charge on any atom is 0.313 e. The zero-order valence-electron chi connectivity index (χ0n) is 29.4. The van der Waals surface area contributed by atoms with Crippen molar-refractivity contribution in [1.29, 1.82) is 0 Å². The van der Waals surface area contributed by atoms with Crippen LogP contribution in [0, 0.1) is 0 Å². The van der Waals surface area contributed by atoms with E-state index in [-0.39, 0.29) is 11.9 Å². The van der Waals surface area contributed by atoms with Crippen molar-refractivity contribution >= 4 is 11.9 Å². The van der Waals surface area contributed by atoms with Gasteiger partial charge in [-0.2, -0.15) is 0 Å². The van der Waals surface area contributed by atoms with E-state index >= 15 is 0 Å². The minimum absolute atomic E-state index is 0.329. The van der Waals surface area contributed by atoms with Crippen LogP contribution in [-0.2, 0) is 14.3 Å². The highest BCUT2D eigenvalue weighted by molar-refractivity contribution is 5.85. The van der Waals surface area contributed by atoms with Crippen molar-refractivity contribution in [2.24, 2.45) is 0 Å². The Bertz CT molecular complexity index is 597. The van der Waals surface area contributed by atoms with Crippen LogP contribution in [0.25, 0.3) is 0 Å². The van der Waals surface area contributed by atoms with E-state index in [4.69, 9.17) is 4.74 Å². The molecule has 0 aromatic rings. The van der Waals surface area contributed by atoms with E-state index in [9.17, 15) is 9.59 Å². The van der Waals surface area contributed by atoms with Gasteiger partial charge >= 0.3 is 11.9 Å². The Morgan fingerprint density at radius 3 is 0.860 bits per heavy atom. The van der Waals surface area contributed by atoms with Crippen LogP contribution in [-0.4, -0.2) is 11.9 Å². The summed E-state index contributed by atoms with van der Waals surface area (Å²) in [7, 11) is 0. The largest absolute Gasteiger partial charge is 0.393 e. The maximum atomic E-state index is 11.9. The number of carbonyl (C=O) groups is 2. The van der Waals surface area contributed by atoms with Gasteiger partial charge in [0.2, 0.25) is 0 Å². The molecule has 0 rings (SSSR count). The van der Waals surface area contributed by atoms with Crippen LogP contribution in [0.2, 0.25) is 0 Å². The molecule has 0 saturated heterocycles. The van der Waals surface area contributed by atoms with Gasteiger partial charge in [0.1, 0.15) is 0 Å². The lowest BCUT2D eigenvalue weighted by Gasteiger charge is -2.05. The molecule has 0 atom stereocenters. The first-order valence-electron chi connectivity index (χ1n) is 19.6. The summed E-state index contributed by atoms with van der Waals surface area (Å²) in [5.74, 6) is -0.662. The number of rotatable bonds is 35. The van der Waals surface area contributed by atoms with Crippen LogP contribution in [0.1, 0.15) is 232 Å². The summed E-state index contributed by atoms with van der Waals surface area (Å²) in [6.45, 7) is 4.55. The van der Waals surface area contributed by atoms with Gasteiger partial charge in [0.05, 0.1) is 0 Å². The molecule has 0 aliphatic carbocycles. The third-order valence-corrected chi connectivity index (χ3v) is 8.85. The molecule has 0 radical (unpaired) electrons. The lowest BCUT2D eigenvalue weighted by atomic mass is 10.0. The minimum Gasteiger partial charge on any atom is -0.393 e. The van der Waals surface area contributed by atoms with Gasteiger partial charge in [-0.1, -0.05) is 193 Å². The lowest BCUT2D eigenvalue weighted by molar-refractivity contribution is -0.159. The summed E-state index contributed by atoms with van der Waals surface area (Å²) in [5.41, 5.74) is 0. The molecule has 0 bridgehead atoms. The second kappa shape index (κ2) is 37.1. The molecule has 43 heavy (non-hydrogen) atoms. The average Bonchev–Trinajstić information content (AvgIpc) is 3.00. The number of hydrogen-bond donors (Lipinski definition) is 0. The monoisotopic (exact) mass is 605 g/mol. The van der Waals surface area contributed by atoms with Crippen LogP contribution in [0.3, 0.4) is 0 Å². The predicted molar refractivity (Wildman–Crippen MR) is 189 cm³/mol. The van der Waals surface area contributed by atoms with E-state index in [1.54, 1.807) is 0 Å². The SMILES string of the molecule is CCCCCCCC/C=C\CCCCCCCC(=O)OC(=O)CCCCCCCCCCCCCCCCCCCCC. The Hall–Kier alpha value is -1.12. The first-order valence-corrected chi connectivity index (χ1v) is 19.6. The Balaban J connectivity index is 3.30. The molecule has 0 aliphatic heterocycles. The molecule has 254 valence electrons. The van der Waals surface area contributed by atoms with Crippen molar-refractivity contribution in [3.8, 4) is 0 Å². The molecule has 0 heterocycles. The van der Waals surface area contributed by atoms with Gasteiger partial charge in [-0.25, -0.2) is 0 Å². The average molecular weight is 605 g/mol. The second-order valence-electron chi connectivity index (χ2n) is 13.3. The maximum absolute atomic E-state index is 11.9. The van der Waals surface area contributed by atoms with E-state index in [0.717, 1.165) is 32.1 Å². The minimum atomic E-state index is -0.333. The van der Waals surface area contributed by atoms with Gasteiger partial charge in [0.25, 0.3) is 0 Å². The number of unbranched alkanes of at least 4 members (excludes halogenated alkanes) is 29. The third-order valence-electron chi connectivity index (χ3n) is 8.85. The van der Waals surface area contributed by atoms with Crippen LogP contribution < -0.4 is 0 Å². The molecule has 0 spiro atoms. The van der Waals surface area contributed by atoms with Crippen molar-refractivity contribution in [1.82, 2.24) is 0 Å². The Labute approximate surface area is 270 Å². The summed E-state index contributed by atoms with van der Waals surface area (Å²) >= 11 is 0. The molecular formula is C40H76O3. The highest BCUT2D eigenvalue weighted by atomic mass is 16.6. The van der Waals surface area contributed by atoms with E-state index < -0.39 is 0 Å². The Kier molecular flexibility index (Phi) is 36.1. The summed E-state index contributed by atoms with van der Waals surface area (Å²) in [6.07, 6.45) is 47.0. The highest BCUT2D eigenvalue weighted by Crippen LogP contribution is 2.15. The summed E-state index contributed by atoms with van der Waals surface area (Å²) in [5, 5.41) is 0. The molecule has 3 nitrogen and oxygen atoms in total. The van der Waals surface area contributed by atoms with Crippen molar-refractivity contribution in [3.05, 3.63) is 12.2 Å². The van der Waals surface area contributed by atoms with Crippen LogP contribution >= 0.6 is 0 Å². The smallest absolute Gasteiger partial charge is 0.313 e. The number of hydrogen-bond acceptors (Lipinski definition) is 3. The van der Waals surface area contributed by atoms with E-state index in [2.05, 4.69) is 26.0 Å². The van der Waals surface area contributed by atoms with E-state index in [1.807, 2.05) is 0 Å². The molecule has 0 aromatic heterocycles. The summed E-state index contributed by atoms with van der Waals surface area (Å²) in [6, 6.07) is 0. The van der Waals surface area contributed by atoms with Gasteiger partial charge in [-0.15, -0.1) is 0 Å². The van der Waals surface area contributed by atoms with Gasteiger partial charge in [-0.05, 0) is 38.5 Å². The van der Waals surface area contributed by atoms with Crippen molar-refractivity contribution in [3.63, 3.8) is 0 Å². The standard InChI is InChI=1S/C40H76O3/c1-3-5-7-9-11-13-15-17-19-20-21-22-24-26-28-30-32-34-36-38-40(42)43-39(41)37-35-33-31-29-27-25-23-18-16-14-12-10-8-6-4-2/h18,23H,3-17,19-22,24-38H2,1-2H3/b23-18-. The second-order valence-corrected chi connectivity index (χ2v) is 13.3. The molecule has 0 amide bonds. The zero-order chi connectivity index (χ0) is 31.3. The predicted octanol–water partition coefficient (Wildman–Crippen LogP) is 13.9. The number of carbonyl (C=O) groups excluding carboxylic acids is 2. The zero-order valence-corrected chi connectivity index (χ0v) is 29.4. The quantitative estimate of drug-likeness (QED) is 0.0313. The third kappa shape index (κ3) is 37.0. The summed E-state index contributed by atoms with van der Waals surface area (Å²) in [4.78, 5) is 23.9. The van der Waals surface area contributed by atoms with Gasteiger partial charge in [0, 0.05) is 12.8 Å². The molecule has 0 saturated carbocycles. The van der Waals surface area contributed by atoms with E-state index in [0.29, 0.717) is 12.8 Å². The van der Waals surface area contributed by atoms with Gasteiger partial charge in [-0.3, -0.25) is 9.59 Å². The molecule has 0 unspecified atom stereocenters. The van der Waals surface area contributed by atoms with Gasteiger partial charge < -0.3 is 4.74 Å². The summed E-state index contributed by atoms with van der Waals surface area (Å²) < 4.78 is 5.02. The Morgan fingerprint density at radius 2 is 0.581 bits per heavy atom. The van der Waals surface area contributed by atoms with Crippen LogP contribution in [0.15, 0.2) is 12.2 Å². The number of ether oxygens (including phenoxy) is 1. The topological polar surface area (TPSA) is 43.4 Å². The molecule has 3 heteroatoms. The van der Waals surface area contributed by atoms with Gasteiger partial charge in [0.15, 0.2) is 0 Å². The van der Waals surface area contributed by atoms with Crippen molar-refractivity contribution in [2.75, 3.05) is 0 Å². The fourth-order valence-corrected chi connectivity index (χ4v) is 5.92. The molecular weight excluding hydrogens is 528 g/mol. The first-order chi connectivity index (χ1) is 21.2.